The molecule has 0 radical (unpaired) electrons. The van der Waals surface area contributed by atoms with Crippen molar-refractivity contribution in [3.8, 4) is 5.75 Å². The van der Waals surface area contributed by atoms with Gasteiger partial charge in [-0.3, -0.25) is 5.32 Å². The van der Waals surface area contributed by atoms with Gasteiger partial charge in [-0.15, -0.1) is 0 Å². The lowest BCUT2D eigenvalue weighted by molar-refractivity contribution is -0.149. The number of amides is 1. The van der Waals surface area contributed by atoms with Crippen molar-refractivity contribution in [2.24, 2.45) is 0 Å². The summed E-state index contributed by atoms with van der Waals surface area (Å²) in [4.78, 5) is 23.8. The van der Waals surface area contributed by atoms with E-state index >= 15 is 0 Å². The highest BCUT2D eigenvalue weighted by Gasteiger charge is 2.28. The summed E-state index contributed by atoms with van der Waals surface area (Å²) in [6.07, 6.45) is -0.0347. The van der Waals surface area contributed by atoms with Gasteiger partial charge in [-0.1, -0.05) is 42.5 Å². The molecule has 1 aliphatic rings. The zero-order valence-corrected chi connectivity index (χ0v) is 13.9. The van der Waals surface area contributed by atoms with E-state index in [0.717, 1.165) is 11.1 Å². The Bertz CT molecular complexity index is 760. The van der Waals surface area contributed by atoms with E-state index < -0.39 is 18.2 Å². The molecule has 0 bridgehead atoms. The van der Waals surface area contributed by atoms with Gasteiger partial charge < -0.3 is 14.2 Å². The quantitative estimate of drug-likeness (QED) is 0.864. The smallest absolute Gasteiger partial charge is 0.412 e. The summed E-state index contributed by atoms with van der Waals surface area (Å²) in [5.74, 6) is 0.0629. The standard InChI is InChI=1S/C19H19NO5/c1-23-18(21)16-11-10-14-8-5-9-15(17(14)25-16)20-19(22)24-12-13-6-3-2-4-7-13/h2-9,16H,10-12H2,1H3,(H,20,22). The Morgan fingerprint density at radius 2 is 1.96 bits per heavy atom. The molecule has 2 aromatic rings. The molecule has 0 saturated heterocycles. The minimum absolute atomic E-state index is 0.174. The van der Waals surface area contributed by atoms with Gasteiger partial charge in [0.2, 0.25) is 0 Å². The Morgan fingerprint density at radius 3 is 2.72 bits per heavy atom. The Morgan fingerprint density at radius 1 is 1.16 bits per heavy atom. The van der Waals surface area contributed by atoms with Gasteiger partial charge in [-0.2, -0.15) is 0 Å². The van der Waals surface area contributed by atoms with Crippen LogP contribution in [0.15, 0.2) is 48.5 Å². The summed E-state index contributed by atoms with van der Waals surface area (Å²) in [6.45, 7) is 0.174. The van der Waals surface area contributed by atoms with E-state index in [1.54, 1.807) is 6.07 Å². The normalized spacial score (nSPS) is 15.5. The van der Waals surface area contributed by atoms with E-state index in [0.29, 0.717) is 24.3 Å². The molecular weight excluding hydrogens is 322 g/mol. The van der Waals surface area contributed by atoms with E-state index in [-0.39, 0.29) is 6.61 Å². The Labute approximate surface area is 145 Å². The first-order valence-electron chi connectivity index (χ1n) is 8.01. The van der Waals surface area contributed by atoms with E-state index in [2.05, 4.69) is 5.32 Å². The molecule has 6 nitrogen and oxygen atoms in total. The van der Waals surface area contributed by atoms with Crippen LogP contribution < -0.4 is 10.1 Å². The Hall–Kier alpha value is -3.02. The Balaban J connectivity index is 1.67. The molecule has 1 atom stereocenters. The molecule has 1 N–H and O–H groups in total. The molecule has 0 fully saturated rings. The lowest BCUT2D eigenvalue weighted by Gasteiger charge is -2.26. The molecule has 0 aliphatic carbocycles. The van der Waals surface area contributed by atoms with Gasteiger partial charge in [-0.05, 0) is 30.0 Å². The van der Waals surface area contributed by atoms with Crippen LogP contribution in [0.4, 0.5) is 10.5 Å². The highest BCUT2D eigenvalue weighted by atomic mass is 16.6. The van der Waals surface area contributed by atoms with Crippen molar-refractivity contribution in [1.29, 1.82) is 0 Å². The van der Waals surface area contributed by atoms with Crippen LogP contribution >= 0.6 is 0 Å². The van der Waals surface area contributed by atoms with Crippen molar-refractivity contribution in [3.05, 3.63) is 59.7 Å². The topological polar surface area (TPSA) is 73.9 Å². The molecule has 2 aromatic carbocycles. The maximum Gasteiger partial charge on any atom is 0.412 e. The number of methoxy groups -OCH3 is 1. The van der Waals surface area contributed by atoms with E-state index in [9.17, 15) is 9.59 Å². The second kappa shape index (κ2) is 7.70. The van der Waals surface area contributed by atoms with Crippen molar-refractivity contribution in [2.45, 2.75) is 25.6 Å². The van der Waals surface area contributed by atoms with Crippen LogP contribution in [0.2, 0.25) is 0 Å². The first-order chi connectivity index (χ1) is 12.2. The highest BCUT2D eigenvalue weighted by Crippen LogP contribution is 2.35. The number of anilines is 1. The fraction of sp³-hybridized carbons (Fsp3) is 0.263. The van der Waals surface area contributed by atoms with Crippen LogP contribution in [0.25, 0.3) is 0 Å². The number of esters is 1. The maximum atomic E-state index is 12.1. The third-order valence-electron chi connectivity index (χ3n) is 3.95. The second-order valence-electron chi connectivity index (χ2n) is 5.65. The van der Waals surface area contributed by atoms with E-state index in [1.807, 2.05) is 42.5 Å². The number of para-hydroxylation sites is 1. The molecule has 1 amide bonds. The lowest BCUT2D eigenvalue weighted by Crippen LogP contribution is -2.32. The Kier molecular flexibility index (Phi) is 5.18. The van der Waals surface area contributed by atoms with Crippen LogP contribution in [0, 0.1) is 0 Å². The maximum absolute atomic E-state index is 12.1. The molecular formula is C19H19NO5. The minimum atomic E-state index is -0.666. The van der Waals surface area contributed by atoms with Gasteiger partial charge in [0.25, 0.3) is 0 Å². The largest absolute Gasteiger partial charge is 0.476 e. The van der Waals surface area contributed by atoms with Gasteiger partial charge in [-0.25, -0.2) is 9.59 Å². The average molecular weight is 341 g/mol. The number of hydrogen-bond donors (Lipinski definition) is 1. The predicted molar refractivity (Wildman–Crippen MR) is 91.4 cm³/mol. The third-order valence-corrected chi connectivity index (χ3v) is 3.95. The van der Waals surface area contributed by atoms with Crippen LogP contribution in [-0.2, 0) is 27.3 Å². The summed E-state index contributed by atoms with van der Waals surface area (Å²) in [5, 5.41) is 2.68. The number of benzene rings is 2. The molecule has 6 heteroatoms. The van der Waals surface area contributed by atoms with E-state index in [4.69, 9.17) is 14.2 Å². The summed E-state index contributed by atoms with van der Waals surface area (Å²) in [6, 6.07) is 14.9. The van der Waals surface area contributed by atoms with Gasteiger partial charge in [0.05, 0.1) is 12.8 Å². The van der Waals surface area contributed by atoms with Crippen molar-refractivity contribution in [2.75, 3.05) is 12.4 Å². The van der Waals surface area contributed by atoms with Gasteiger partial charge >= 0.3 is 12.1 Å². The fourth-order valence-corrected chi connectivity index (χ4v) is 2.67. The number of nitrogens with one attached hydrogen (secondary N) is 1. The number of rotatable bonds is 4. The van der Waals surface area contributed by atoms with Gasteiger partial charge in [0.15, 0.2) is 6.10 Å². The molecule has 1 heterocycles. The first kappa shape index (κ1) is 16.8. The number of ether oxygens (including phenoxy) is 3. The highest BCUT2D eigenvalue weighted by molar-refractivity contribution is 5.87. The molecule has 0 saturated carbocycles. The molecule has 1 unspecified atom stereocenters. The number of fused-ring (bicyclic) bond motifs is 1. The van der Waals surface area contributed by atoms with Gasteiger partial charge in [0, 0.05) is 0 Å². The first-order valence-corrected chi connectivity index (χ1v) is 8.01. The number of carbonyl (C=O) groups excluding carboxylic acids is 2. The number of carbonyl (C=O) groups is 2. The predicted octanol–water partition coefficient (Wildman–Crippen LogP) is 3.30. The van der Waals surface area contributed by atoms with Crippen molar-refractivity contribution >= 4 is 17.7 Å². The summed E-state index contributed by atoms with van der Waals surface area (Å²) in [7, 11) is 1.33. The van der Waals surface area contributed by atoms with Crippen LogP contribution in [0.5, 0.6) is 5.75 Å². The zero-order valence-electron chi connectivity index (χ0n) is 13.9. The molecule has 0 spiro atoms. The van der Waals surface area contributed by atoms with E-state index in [1.165, 1.54) is 7.11 Å². The summed E-state index contributed by atoms with van der Waals surface area (Å²) in [5.41, 5.74) is 2.31. The van der Waals surface area contributed by atoms with Crippen LogP contribution in [0.1, 0.15) is 17.5 Å². The molecule has 130 valence electrons. The monoisotopic (exact) mass is 341 g/mol. The fourth-order valence-electron chi connectivity index (χ4n) is 2.67. The van der Waals surface area contributed by atoms with Crippen LogP contribution in [0.3, 0.4) is 0 Å². The molecule has 0 aromatic heterocycles. The summed E-state index contributed by atoms with van der Waals surface area (Å²) < 4.78 is 15.7. The van der Waals surface area contributed by atoms with Crippen molar-refractivity contribution < 1.29 is 23.8 Å². The van der Waals surface area contributed by atoms with Crippen LogP contribution in [-0.4, -0.2) is 25.3 Å². The number of hydrogen-bond acceptors (Lipinski definition) is 5. The molecule has 25 heavy (non-hydrogen) atoms. The third kappa shape index (κ3) is 4.09. The summed E-state index contributed by atoms with van der Waals surface area (Å²) >= 11 is 0. The molecule has 3 rings (SSSR count). The zero-order chi connectivity index (χ0) is 17.6. The SMILES string of the molecule is COC(=O)C1CCc2cccc(NC(=O)OCc3ccccc3)c2O1. The van der Waals surface area contributed by atoms with Crippen molar-refractivity contribution in [3.63, 3.8) is 0 Å². The lowest BCUT2D eigenvalue weighted by atomic mass is 10.0. The molecule has 1 aliphatic heterocycles. The average Bonchev–Trinajstić information content (AvgIpc) is 2.66. The number of aryl methyl sites for hydroxylation is 1. The van der Waals surface area contributed by atoms with Crippen molar-refractivity contribution in [1.82, 2.24) is 0 Å². The second-order valence-corrected chi connectivity index (χ2v) is 5.65. The minimum Gasteiger partial charge on any atom is -0.476 e. The van der Waals surface area contributed by atoms with Gasteiger partial charge in [0.1, 0.15) is 12.4 Å².